The highest BCUT2D eigenvalue weighted by Crippen LogP contribution is 2.21. The summed E-state index contributed by atoms with van der Waals surface area (Å²) in [6.45, 7) is 0. The van der Waals surface area contributed by atoms with Gasteiger partial charge in [0.05, 0.1) is 10.6 Å². The highest BCUT2D eigenvalue weighted by atomic mass is 32.2. The number of sulfonamides is 1. The number of carbonyl (C=O) groups excluding carboxylic acids is 1. The largest absolute Gasteiger partial charge is 0.356 e. The molecule has 0 aliphatic rings. The molecule has 0 saturated carbocycles. The van der Waals surface area contributed by atoms with Crippen molar-refractivity contribution in [2.45, 2.75) is 4.90 Å². The van der Waals surface area contributed by atoms with Crippen LogP contribution in [0.1, 0.15) is 10.4 Å². The Labute approximate surface area is 191 Å². The second kappa shape index (κ2) is 9.54. The lowest BCUT2D eigenvalue weighted by molar-refractivity contribution is 0.102. The monoisotopic (exact) mass is 461 g/mol. The van der Waals surface area contributed by atoms with E-state index in [9.17, 15) is 17.6 Å². The molecule has 0 aliphatic carbocycles. The molecule has 1 amide bonds. The maximum absolute atomic E-state index is 13.8. The zero-order chi connectivity index (χ0) is 23.3. The average molecular weight is 462 g/mol. The molecular formula is C25H20FN3O3S. The van der Waals surface area contributed by atoms with Gasteiger partial charge in [-0.25, -0.2) is 12.8 Å². The Hall–Kier alpha value is -4.17. The Morgan fingerprint density at radius 3 is 1.91 bits per heavy atom. The average Bonchev–Trinajstić information content (AvgIpc) is 2.82. The minimum absolute atomic E-state index is 0.0846. The number of anilines is 4. The predicted molar refractivity (Wildman–Crippen MR) is 128 cm³/mol. The van der Waals surface area contributed by atoms with Gasteiger partial charge in [0.15, 0.2) is 0 Å². The molecule has 33 heavy (non-hydrogen) atoms. The van der Waals surface area contributed by atoms with Gasteiger partial charge < -0.3 is 10.6 Å². The number of amides is 1. The number of hydrogen-bond acceptors (Lipinski definition) is 4. The molecule has 0 radical (unpaired) electrons. The van der Waals surface area contributed by atoms with Crippen molar-refractivity contribution < 1.29 is 17.6 Å². The zero-order valence-electron chi connectivity index (χ0n) is 17.3. The highest BCUT2D eigenvalue weighted by molar-refractivity contribution is 7.92. The molecule has 4 aromatic rings. The van der Waals surface area contributed by atoms with E-state index in [1.54, 1.807) is 12.1 Å². The number of nitrogens with one attached hydrogen (secondary N) is 3. The Bertz CT molecular complexity index is 1360. The first-order chi connectivity index (χ1) is 15.9. The van der Waals surface area contributed by atoms with Crippen LogP contribution in [0, 0.1) is 5.82 Å². The van der Waals surface area contributed by atoms with Crippen LogP contribution in [0.5, 0.6) is 0 Å². The quantitative estimate of drug-likeness (QED) is 0.333. The van der Waals surface area contributed by atoms with Crippen molar-refractivity contribution >= 4 is 38.7 Å². The van der Waals surface area contributed by atoms with Crippen LogP contribution in [0.4, 0.5) is 27.1 Å². The normalized spacial score (nSPS) is 10.9. The fourth-order valence-electron chi connectivity index (χ4n) is 3.06. The SMILES string of the molecule is O=C(Nc1ccc(Nc2ccccc2)cc1)c1ccc(S(=O)(=O)Nc2ccccc2F)cc1. The van der Waals surface area contributed by atoms with Gasteiger partial charge in [-0.15, -0.1) is 0 Å². The highest BCUT2D eigenvalue weighted by Gasteiger charge is 2.17. The Kier molecular flexibility index (Phi) is 6.37. The summed E-state index contributed by atoms with van der Waals surface area (Å²) >= 11 is 0. The van der Waals surface area contributed by atoms with Crippen molar-refractivity contribution in [2.24, 2.45) is 0 Å². The van der Waals surface area contributed by atoms with Crippen LogP contribution in [0.25, 0.3) is 0 Å². The minimum Gasteiger partial charge on any atom is -0.356 e. The second-order valence-electron chi connectivity index (χ2n) is 7.13. The fourth-order valence-corrected chi connectivity index (χ4v) is 4.13. The number of hydrogen-bond donors (Lipinski definition) is 3. The summed E-state index contributed by atoms with van der Waals surface area (Å²) < 4.78 is 41.0. The van der Waals surface area contributed by atoms with Crippen molar-refractivity contribution in [1.29, 1.82) is 0 Å². The number of halogens is 1. The van der Waals surface area contributed by atoms with Crippen LogP contribution in [0.3, 0.4) is 0 Å². The van der Waals surface area contributed by atoms with Crippen LogP contribution in [0.15, 0.2) is 108 Å². The third-order valence-corrected chi connectivity index (χ3v) is 6.13. The van der Waals surface area contributed by atoms with Gasteiger partial charge in [0, 0.05) is 22.6 Å². The zero-order valence-corrected chi connectivity index (χ0v) is 18.1. The van der Waals surface area contributed by atoms with E-state index in [4.69, 9.17) is 0 Å². The summed E-state index contributed by atoms with van der Waals surface area (Å²) in [5, 5.41) is 6.03. The summed E-state index contributed by atoms with van der Waals surface area (Å²) in [7, 11) is -4.00. The maximum atomic E-state index is 13.8. The van der Waals surface area contributed by atoms with E-state index in [0.717, 1.165) is 17.4 Å². The van der Waals surface area contributed by atoms with Gasteiger partial charge in [-0.05, 0) is 72.8 Å². The van der Waals surface area contributed by atoms with Gasteiger partial charge in [-0.1, -0.05) is 30.3 Å². The van der Waals surface area contributed by atoms with E-state index in [1.165, 1.54) is 42.5 Å². The van der Waals surface area contributed by atoms with E-state index < -0.39 is 15.8 Å². The molecule has 0 unspecified atom stereocenters. The molecule has 4 rings (SSSR count). The molecule has 0 bridgehead atoms. The standard InChI is InChI=1S/C25H20FN3O3S/c26-23-8-4-5-9-24(23)29-33(31,32)22-16-10-18(11-17-22)25(30)28-21-14-12-20(13-15-21)27-19-6-2-1-3-7-19/h1-17,27,29H,(H,28,30). The Morgan fingerprint density at radius 1 is 0.667 bits per heavy atom. The summed E-state index contributed by atoms with van der Waals surface area (Å²) in [6.07, 6.45) is 0. The van der Waals surface area contributed by atoms with Crippen molar-refractivity contribution in [3.63, 3.8) is 0 Å². The molecule has 0 aliphatic heterocycles. The fraction of sp³-hybridized carbons (Fsp3) is 0. The smallest absolute Gasteiger partial charge is 0.261 e. The molecule has 0 saturated heterocycles. The van der Waals surface area contributed by atoms with E-state index in [-0.39, 0.29) is 22.1 Å². The van der Waals surface area contributed by atoms with E-state index in [2.05, 4.69) is 15.4 Å². The number of para-hydroxylation sites is 2. The van der Waals surface area contributed by atoms with Gasteiger partial charge >= 0.3 is 0 Å². The molecule has 166 valence electrons. The molecule has 0 fully saturated rings. The maximum Gasteiger partial charge on any atom is 0.261 e. The first kappa shape index (κ1) is 22.0. The molecule has 0 atom stereocenters. The number of benzene rings is 4. The van der Waals surface area contributed by atoms with Crippen molar-refractivity contribution in [2.75, 3.05) is 15.4 Å². The van der Waals surface area contributed by atoms with Crippen molar-refractivity contribution in [3.05, 3.63) is 115 Å². The first-order valence-corrected chi connectivity index (χ1v) is 11.5. The van der Waals surface area contributed by atoms with Crippen LogP contribution >= 0.6 is 0 Å². The lowest BCUT2D eigenvalue weighted by Crippen LogP contribution is -2.15. The third-order valence-electron chi connectivity index (χ3n) is 4.75. The lowest BCUT2D eigenvalue weighted by atomic mass is 10.2. The van der Waals surface area contributed by atoms with E-state index in [0.29, 0.717) is 5.69 Å². The van der Waals surface area contributed by atoms with E-state index >= 15 is 0 Å². The van der Waals surface area contributed by atoms with Gasteiger partial charge in [0.1, 0.15) is 5.82 Å². The summed E-state index contributed by atoms with van der Waals surface area (Å²) in [5.74, 6) is -1.06. The summed E-state index contributed by atoms with van der Waals surface area (Å²) in [6, 6.07) is 27.8. The Morgan fingerprint density at radius 2 is 1.24 bits per heavy atom. The molecule has 4 aromatic carbocycles. The molecule has 6 nitrogen and oxygen atoms in total. The van der Waals surface area contributed by atoms with Gasteiger partial charge in [0.2, 0.25) is 0 Å². The van der Waals surface area contributed by atoms with Gasteiger partial charge in [-0.3, -0.25) is 9.52 Å². The first-order valence-electron chi connectivity index (χ1n) is 10.0. The van der Waals surface area contributed by atoms with Crippen LogP contribution in [-0.4, -0.2) is 14.3 Å². The van der Waals surface area contributed by atoms with Crippen molar-refractivity contribution in [1.82, 2.24) is 0 Å². The summed E-state index contributed by atoms with van der Waals surface area (Å²) in [4.78, 5) is 12.5. The molecule has 0 heterocycles. The van der Waals surface area contributed by atoms with E-state index in [1.807, 2.05) is 42.5 Å². The molecule has 0 spiro atoms. The topological polar surface area (TPSA) is 87.3 Å². The Balaban J connectivity index is 1.40. The van der Waals surface area contributed by atoms with Crippen LogP contribution in [-0.2, 0) is 10.0 Å². The third kappa shape index (κ3) is 5.55. The van der Waals surface area contributed by atoms with Gasteiger partial charge in [-0.2, -0.15) is 0 Å². The molecule has 0 aromatic heterocycles. The van der Waals surface area contributed by atoms with Crippen molar-refractivity contribution in [3.8, 4) is 0 Å². The predicted octanol–water partition coefficient (Wildman–Crippen LogP) is 5.62. The van der Waals surface area contributed by atoms with Gasteiger partial charge in [0.25, 0.3) is 15.9 Å². The lowest BCUT2D eigenvalue weighted by Gasteiger charge is -2.10. The molecular weight excluding hydrogens is 441 g/mol. The summed E-state index contributed by atoms with van der Waals surface area (Å²) in [5.41, 5.74) is 2.55. The van der Waals surface area contributed by atoms with Crippen LogP contribution < -0.4 is 15.4 Å². The number of rotatable bonds is 7. The van der Waals surface area contributed by atoms with Crippen LogP contribution in [0.2, 0.25) is 0 Å². The molecule has 3 N–H and O–H groups in total. The minimum atomic E-state index is -4.00. The number of carbonyl (C=O) groups is 1. The molecule has 8 heteroatoms. The second-order valence-corrected chi connectivity index (χ2v) is 8.81.